The minimum atomic E-state index is -3.68. The summed E-state index contributed by atoms with van der Waals surface area (Å²) in [6, 6.07) is 9.80. The number of carbonyl (C=O) groups is 9. The lowest BCUT2D eigenvalue weighted by Crippen LogP contribution is -2.57. The maximum absolute atomic E-state index is 17.1. The maximum Gasteiger partial charge on any atom is 0.320 e. The molecule has 3 heterocycles. The molecule has 27 heteroatoms. The van der Waals surface area contributed by atoms with E-state index in [4.69, 9.17) is 11.3 Å². The molecule has 0 saturated carbocycles. The van der Waals surface area contributed by atoms with Gasteiger partial charge >= 0.3 is 12.1 Å². The van der Waals surface area contributed by atoms with Crippen LogP contribution in [-0.2, 0) is 33.6 Å². The van der Waals surface area contributed by atoms with E-state index in [2.05, 4.69) is 31.1 Å². The van der Waals surface area contributed by atoms with Crippen LogP contribution in [0, 0.1) is 6.57 Å². The quantitative estimate of drug-likeness (QED) is 0.0267. The van der Waals surface area contributed by atoms with E-state index in [-0.39, 0.29) is 102 Å². The molecule has 5 rings (SSSR count). The summed E-state index contributed by atoms with van der Waals surface area (Å²) in [5.74, 6) is -8.29. The van der Waals surface area contributed by atoms with Crippen molar-refractivity contribution in [3.05, 3.63) is 77.3 Å². The second-order valence-corrected chi connectivity index (χ2v) is 27.9. The van der Waals surface area contributed by atoms with Crippen LogP contribution in [0.5, 0.6) is 5.75 Å². The summed E-state index contributed by atoms with van der Waals surface area (Å²) in [7, 11) is -3.68. The van der Waals surface area contributed by atoms with Gasteiger partial charge in [-0.05, 0) is 70.9 Å². The normalized spacial score (nSPS) is 17.1. The maximum atomic E-state index is 17.1. The summed E-state index contributed by atoms with van der Waals surface area (Å²) < 4.78 is 23.1. The molecule has 84 heavy (non-hydrogen) atoms. The summed E-state index contributed by atoms with van der Waals surface area (Å²) >= 11 is 0. The molecule has 0 aliphatic carbocycles. The van der Waals surface area contributed by atoms with Gasteiger partial charge in [-0.15, -0.1) is 0 Å². The van der Waals surface area contributed by atoms with Crippen molar-refractivity contribution in [1.29, 1.82) is 0 Å². The summed E-state index contributed by atoms with van der Waals surface area (Å²) in [4.78, 5) is 131. The lowest BCUT2D eigenvalue weighted by molar-refractivity contribution is -0.308. The van der Waals surface area contributed by atoms with Crippen LogP contribution in [0.2, 0.25) is 10.1 Å². The number of aliphatic carboxylic acids is 4. The number of benzene rings is 2. The second kappa shape index (κ2) is 30.8. The Morgan fingerprint density at radius 1 is 0.774 bits per heavy atom. The molecular formula is C57H77FN11O14Si-3. The number of hydrogen-bond donors (Lipinski definition) is 5. The predicted molar refractivity (Wildman–Crippen MR) is 302 cm³/mol. The van der Waals surface area contributed by atoms with Gasteiger partial charge in [-0.25, -0.2) is 6.57 Å². The van der Waals surface area contributed by atoms with Crippen LogP contribution in [0.3, 0.4) is 0 Å². The Morgan fingerprint density at radius 3 is 1.88 bits per heavy atom. The fourth-order valence-electron chi connectivity index (χ4n) is 10.8. The van der Waals surface area contributed by atoms with E-state index < -0.39 is 117 Å². The standard InChI is InChI=1S/C57H80FN11O14Si/c1-56(2,3)84(58,57(4,5)6)40-14-11-38(12-15-40)52(78)62-33-44(54(80)61-20-9-31-83-39-13-16-43-42(32-39)41(19-21-60-43)53(79)63-34-48(71)69-22-8-10-46(69)59-7)64-47(70)18-17-45(55(81)82)68-29-27-66(36-50(74)75)25-23-65(35-49(72)73)24-26-67(28-30-68)37-51(76)77/h11-16,19,21,32,44-46H,8-10,17-18,20,22-31,33-37H2,1-6H3,(H,61,80)(H,62,78)(H,63,79)(H,64,70)(H,72,73)(H,74,75)(H,76,77)(H,81,82)/p-3/t44-,45-,46+/m1/s1. The van der Waals surface area contributed by atoms with Crippen LogP contribution in [0.25, 0.3) is 15.7 Å². The number of carbonyl (C=O) groups excluding carboxylic acids is 8. The first kappa shape index (κ1) is 67.2. The molecule has 5 N–H and O–H groups in total. The Balaban J connectivity index is 1.28. The summed E-state index contributed by atoms with van der Waals surface area (Å²) in [5.41, 5.74) is 0.870. The first-order chi connectivity index (χ1) is 39.6. The highest BCUT2D eigenvalue weighted by atomic mass is 28.4. The monoisotopic (exact) mass is 1190 g/mol. The van der Waals surface area contributed by atoms with Crippen molar-refractivity contribution < 1.29 is 72.4 Å². The van der Waals surface area contributed by atoms with E-state index >= 15 is 4.11 Å². The van der Waals surface area contributed by atoms with Gasteiger partial charge < -0.3 is 64.9 Å². The van der Waals surface area contributed by atoms with Gasteiger partial charge in [-0.1, -0.05) is 53.7 Å². The Labute approximate surface area is 489 Å². The zero-order chi connectivity index (χ0) is 61.9. The van der Waals surface area contributed by atoms with Crippen molar-refractivity contribution in [1.82, 2.24) is 50.8 Å². The first-order valence-electron chi connectivity index (χ1n) is 28.0. The minimum Gasteiger partial charge on any atom is -0.549 e. The van der Waals surface area contributed by atoms with E-state index in [0.29, 0.717) is 41.2 Å². The SMILES string of the molecule is [C-]#[N+][C@@H]1CCCN1C(=O)CNC(=O)c1ccnc2ccc(OCCCNC(=O)[C@@H](CNC(=O)c3ccc([Si](F)(C(C)(C)C)C(C)(C)C)cc3)NC(=O)CC[C@H](C(=O)O)N3CCN(CC(=O)[O-])CCN(CC(=O)[O-])CCN(CC(=O)[O-])CC3)cc12. The van der Waals surface area contributed by atoms with Gasteiger partial charge in [-0.3, -0.25) is 63.1 Å². The van der Waals surface area contributed by atoms with Crippen molar-refractivity contribution in [2.75, 3.05) is 105 Å². The fourth-order valence-corrected chi connectivity index (χ4v) is 15.4. The summed E-state index contributed by atoms with van der Waals surface area (Å²) in [5, 5.41) is 55.7. The number of amides is 5. The summed E-state index contributed by atoms with van der Waals surface area (Å²) in [6.07, 6.45) is 1.61. The van der Waals surface area contributed by atoms with Gasteiger partial charge in [0.1, 0.15) is 17.8 Å². The molecule has 0 radical (unpaired) electrons. The van der Waals surface area contributed by atoms with Crippen LogP contribution < -0.4 is 46.5 Å². The highest BCUT2D eigenvalue weighted by Gasteiger charge is 2.56. The van der Waals surface area contributed by atoms with Gasteiger partial charge in [0.2, 0.25) is 17.7 Å². The van der Waals surface area contributed by atoms with Crippen LogP contribution in [0.15, 0.2) is 54.7 Å². The molecule has 2 saturated heterocycles. The van der Waals surface area contributed by atoms with Gasteiger partial charge in [0.25, 0.3) is 20.2 Å². The second-order valence-electron chi connectivity index (χ2n) is 23.0. The summed E-state index contributed by atoms with van der Waals surface area (Å²) in [6.45, 7) is 16.5. The first-order valence-corrected chi connectivity index (χ1v) is 29.8. The fraction of sp³-hybridized carbons (Fsp3) is 0.561. The lowest BCUT2D eigenvalue weighted by atomic mass is 10.1. The molecule has 458 valence electrons. The smallest absolute Gasteiger partial charge is 0.320 e. The zero-order valence-corrected chi connectivity index (χ0v) is 49.5. The number of carboxylic acids is 4. The molecule has 2 aliphatic heterocycles. The molecule has 1 aromatic heterocycles. The van der Waals surface area contributed by atoms with Crippen molar-refractivity contribution in [3.63, 3.8) is 0 Å². The van der Waals surface area contributed by atoms with Crippen molar-refractivity contribution >= 4 is 77.9 Å². The number of fused-ring (bicyclic) bond motifs is 1. The van der Waals surface area contributed by atoms with Gasteiger partial charge in [0, 0.05) is 122 Å². The average Bonchev–Trinajstić information content (AvgIpc) is 1.40. The molecule has 2 fully saturated rings. The van der Waals surface area contributed by atoms with Crippen molar-refractivity contribution in [2.24, 2.45) is 0 Å². The van der Waals surface area contributed by atoms with Crippen molar-refractivity contribution in [3.8, 4) is 5.75 Å². The van der Waals surface area contributed by atoms with E-state index in [1.54, 1.807) is 30.3 Å². The number of nitrogens with one attached hydrogen (secondary N) is 4. The van der Waals surface area contributed by atoms with Crippen LogP contribution in [0.1, 0.15) is 94.4 Å². The molecule has 2 aliphatic rings. The van der Waals surface area contributed by atoms with Crippen LogP contribution in [-0.4, -0.2) is 219 Å². The molecule has 0 unspecified atom stereocenters. The van der Waals surface area contributed by atoms with Crippen molar-refractivity contribution in [2.45, 2.75) is 102 Å². The molecule has 5 amide bonds. The number of carboxylic acid groups (broad SMARTS) is 4. The lowest BCUT2D eigenvalue weighted by Gasteiger charge is -2.44. The van der Waals surface area contributed by atoms with Crippen LogP contribution >= 0.6 is 0 Å². The molecular weight excluding hydrogens is 1110 g/mol. The predicted octanol–water partition coefficient (Wildman–Crippen LogP) is -1.94. The molecule has 25 nitrogen and oxygen atoms in total. The topological polar surface area (TPSA) is 334 Å². The molecule has 0 spiro atoms. The number of rotatable bonds is 25. The number of nitrogens with zero attached hydrogens (tertiary/aromatic N) is 7. The number of aromatic nitrogens is 1. The number of halogens is 1. The van der Waals surface area contributed by atoms with E-state index in [9.17, 15) is 63.6 Å². The highest BCUT2D eigenvalue weighted by molar-refractivity contribution is 6.90. The Bertz CT molecular complexity index is 2830. The van der Waals surface area contributed by atoms with Crippen LogP contribution in [0.4, 0.5) is 4.11 Å². The Hall–Kier alpha value is -7.64. The number of hydrogen-bond acceptors (Lipinski definition) is 18. The molecule has 2 aromatic carbocycles. The van der Waals surface area contributed by atoms with E-state index in [1.165, 1.54) is 48.9 Å². The van der Waals surface area contributed by atoms with Gasteiger partial charge in [-0.2, -0.15) is 0 Å². The minimum absolute atomic E-state index is 0.00793. The number of ether oxygens (including phenoxy) is 1. The average molecular weight is 1190 g/mol. The highest BCUT2D eigenvalue weighted by Crippen LogP contribution is 2.51. The van der Waals surface area contributed by atoms with Gasteiger partial charge in [0.05, 0.1) is 42.1 Å². The number of likely N-dealkylation sites (tertiary alicyclic amines) is 1. The molecule has 0 bridgehead atoms. The third kappa shape index (κ3) is 19.2. The van der Waals surface area contributed by atoms with E-state index in [1.807, 2.05) is 41.5 Å². The Kier molecular flexibility index (Phi) is 24.6. The van der Waals surface area contributed by atoms with E-state index in [0.717, 1.165) is 0 Å². The number of pyridine rings is 1. The largest absolute Gasteiger partial charge is 0.549 e. The van der Waals surface area contributed by atoms with Gasteiger partial charge in [0.15, 0.2) is 0 Å². The molecule has 3 aromatic rings. The zero-order valence-electron chi connectivity index (χ0n) is 48.5. The molecule has 3 atom stereocenters. The third-order valence-electron chi connectivity index (χ3n) is 15.0. The third-order valence-corrected chi connectivity index (χ3v) is 20.2. The Morgan fingerprint density at radius 2 is 1.35 bits per heavy atom.